The fraction of sp³-hybridized carbons (Fsp3) is 0.150. The zero-order valence-electron chi connectivity index (χ0n) is 14.1. The van der Waals surface area contributed by atoms with Crippen molar-refractivity contribution in [2.45, 2.75) is 19.9 Å². The fourth-order valence-corrected chi connectivity index (χ4v) is 3.38. The zero-order valence-corrected chi connectivity index (χ0v) is 14.1. The van der Waals surface area contributed by atoms with Crippen LogP contribution in [0.15, 0.2) is 66.3 Å². The number of anilines is 2. The molecule has 1 aromatic carbocycles. The third-order valence-electron chi connectivity index (χ3n) is 4.49. The first-order valence-electron chi connectivity index (χ1n) is 8.18. The maximum Gasteiger partial charge on any atom is 0.159 e. The Balaban J connectivity index is 1.96. The van der Waals surface area contributed by atoms with Crippen LogP contribution >= 0.6 is 0 Å². The van der Waals surface area contributed by atoms with Gasteiger partial charge in [-0.25, -0.2) is 0 Å². The van der Waals surface area contributed by atoms with E-state index in [2.05, 4.69) is 20.6 Å². The SMILES string of the molecule is CC(=O)C1=C(C)Nc2ccccc2NC1c1cncc2ncccc12. The lowest BCUT2D eigenvalue weighted by Gasteiger charge is -2.22. The van der Waals surface area contributed by atoms with Crippen LogP contribution in [0.3, 0.4) is 0 Å². The van der Waals surface area contributed by atoms with Gasteiger partial charge in [0.1, 0.15) is 0 Å². The van der Waals surface area contributed by atoms with Crippen molar-refractivity contribution in [3.8, 4) is 0 Å². The monoisotopic (exact) mass is 330 g/mol. The van der Waals surface area contributed by atoms with Crippen LogP contribution in [0.1, 0.15) is 25.5 Å². The van der Waals surface area contributed by atoms with Gasteiger partial charge >= 0.3 is 0 Å². The number of hydrogen-bond donors (Lipinski definition) is 2. The fourth-order valence-electron chi connectivity index (χ4n) is 3.38. The number of Topliss-reactive ketones (excluding diaryl/α,β-unsaturated/α-hetero) is 1. The first-order chi connectivity index (χ1) is 12.1. The van der Waals surface area contributed by atoms with Crippen LogP contribution in [0.25, 0.3) is 10.9 Å². The van der Waals surface area contributed by atoms with E-state index < -0.39 is 0 Å². The third-order valence-corrected chi connectivity index (χ3v) is 4.49. The number of ketones is 1. The van der Waals surface area contributed by atoms with Crippen molar-refractivity contribution in [2.75, 3.05) is 10.6 Å². The van der Waals surface area contributed by atoms with E-state index in [0.717, 1.165) is 33.5 Å². The Hall–Kier alpha value is -3.21. The summed E-state index contributed by atoms with van der Waals surface area (Å²) in [5.41, 5.74) is 5.20. The van der Waals surface area contributed by atoms with Crippen molar-refractivity contribution < 1.29 is 4.79 Å². The number of rotatable bonds is 2. The van der Waals surface area contributed by atoms with Gasteiger partial charge in [-0.05, 0) is 32.0 Å². The summed E-state index contributed by atoms with van der Waals surface area (Å²) in [4.78, 5) is 21.2. The Labute approximate surface area is 145 Å². The Morgan fingerprint density at radius 2 is 1.88 bits per heavy atom. The van der Waals surface area contributed by atoms with Crippen molar-refractivity contribution >= 4 is 28.1 Å². The molecule has 2 aromatic heterocycles. The minimum atomic E-state index is -0.297. The second kappa shape index (κ2) is 6.02. The van der Waals surface area contributed by atoms with Gasteiger partial charge in [-0.15, -0.1) is 0 Å². The second-order valence-corrected chi connectivity index (χ2v) is 6.14. The number of nitrogens with zero attached hydrogens (tertiary/aromatic N) is 2. The molecule has 1 aliphatic heterocycles. The summed E-state index contributed by atoms with van der Waals surface area (Å²) in [6, 6.07) is 11.6. The first kappa shape index (κ1) is 15.3. The van der Waals surface area contributed by atoms with Gasteiger partial charge in [0, 0.05) is 34.6 Å². The molecule has 25 heavy (non-hydrogen) atoms. The molecule has 5 nitrogen and oxygen atoms in total. The highest BCUT2D eigenvalue weighted by Gasteiger charge is 2.28. The molecule has 0 bridgehead atoms. The third kappa shape index (κ3) is 2.63. The zero-order chi connectivity index (χ0) is 17.4. The molecule has 2 N–H and O–H groups in total. The number of carbonyl (C=O) groups is 1. The molecule has 3 aromatic rings. The van der Waals surface area contributed by atoms with Gasteiger partial charge in [-0.1, -0.05) is 18.2 Å². The lowest BCUT2D eigenvalue weighted by atomic mass is 9.93. The van der Waals surface area contributed by atoms with Gasteiger partial charge in [0.2, 0.25) is 0 Å². The van der Waals surface area contributed by atoms with Crippen LogP contribution < -0.4 is 10.6 Å². The van der Waals surface area contributed by atoms with Gasteiger partial charge in [-0.2, -0.15) is 0 Å². The molecule has 0 radical (unpaired) electrons. The standard InChI is InChI=1S/C20H18N4O/c1-12-19(13(2)25)20(24-17-8-4-3-7-16(17)23-12)15-10-21-11-18-14(15)6-5-9-22-18/h3-11,20,23-24H,1-2H3. The molecule has 1 aliphatic rings. The maximum absolute atomic E-state index is 12.5. The molecular weight excluding hydrogens is 312 g/mol. The van der Waals surface area contributed by atoms with Crippen LogP contribution in [0.2, 0.25) is 0 Å². The molecule has 1 unspecified atom stereocenters. The molecule has 0 fully saturated rings. The predicted octanol–water partition coefficient (Wildman–Crippen LogP) is 4.07. The Morgan fingerprint density at radius 1 is 1.08 bits per heavy atom. The van der Waals surface area contributed by atoms with Crippen LogP contribution in [-0.4, -0.2) is 15.8 Å². The molecule has 0 amide bonds. The number of para-hydroxylation sites is 2. The highest BCUT2D eigenvalue weighted by molar-refractivity contribution is 5.99. The van der Waals surface area contributed by atoms with E-state index >= 15 is 0 Å². The lowest BCUT2D eigenvalue weighted by molar-refractivity contribution is -0.113. The van der Waals surface area contributed by atoms with Crippen LogP contribution in [0.5, 0.6) is 0 Å². The number of aromatic nitrogens is 2. The molecule has 0 saturated heterocycles. The largest absolute Gasteiger partial charge is 0.372 e. The highest BCUT2D eigenvalue weighted by atomic mass is 16.1. The van der Waals surface area contributed by atoms with Gasteiger partial charge in [-0.3, -0.25) is 14.8 Å². The first-order valence-corrected chi connectivity index (χ1v) is 8.18. The number of pyridine rings is 2. The summed E-state index contributed by atoms with van der Waals surface area (Å²) < 4.78 is 0. The van der Waals surface area contributed by atoms with Crippen molar-refractivity contribution in [2.24, 2.45) is 0 Å². The Kier molecular flexibility index (Phi) is 3.69. The predicted molar refractivity (Wildman–Crippen MR) is 99.3 cm³/mol. The van der Waals surface area contributed by atoms with Crippen molar-refractivity contribution in [1.82, 2.24) is 9.97 Å². The molecule has 5 heteroatoms. The minimum absolute atomic E-state index is 0.0243. The van der Waals surface area contributed by atoms with Crippen molar-refractivity contribution in [3.63, 3.8) is 0 Å². The summed E-state index contributed by atoms with van der Waals surface area (Å²) in [5, 5.41) is 7.87. The Morgan fingerprint density at radius 3 is 2.68 bits per heavy atom. The summed E-state index contributed by atoms with van der Waals surface area (Å²) >= 11 is 0. The number of allylic oxidation sites excluding steroid dienone is 1. The maximum atomic E-state index is 12.5. The van der Waals surface area contributed by atoms with Gasteiger partial charge in [0.15, 0.2) is 5.78 Å². The van der Waals surface area contributed by atoms with E-state index in [-0.39, 0.29) is 11.8 Å². The summed E-state index contributed by atoms with van der Waals surface area (Å²) in [6.07, 6.45) is 5.30. The topological polar surface area (TPSA) is 66.9 Å². The highest BCUT2D eigenvalue weighted by Crippen LogP contribution is 2.38. The number of nitrogens with one attached hydrogen (secondary N) is 2. The van der Waals surface area contributed by atoms with E-state index in [9.17, 15) is 4.79 Å². The van der Waals surface area contributed by atoms with Gasteiger partial charge < -0.3 is 10.6 Å². The summed E-state index contributed by atoms with van der Waals surface area (Å²) in [5.74, 6) is 0.0243. The van der Waals surface area contributed by atoms with E-state index in [4.69, 9.17) is 0 Å². The smallest absolute Gasteiger partial charge is 0.159 e. The normalized spacial score (nSPS) is 16.6. The van der Waals surface area contributed by atoms with E-state index in [0.29, 0.717) is 5.57 Å². The molecule has 4 rings (SSSR count). The van der Waals surface area contributed by atoms with E-state index in [1.165, 1.54) is 0 Å². The van der Waals surface area contributed by atoms with Gasteiger partial charge in [0.05, 0.1) is 29.1 Å². The molecule has 3 heterocycles. The second-order valence-electron chi connectivity index (χ2n) is 6.14. The van der Waals surface area contributed by atoms with E-state index in [1.807, 2.05) is 49.5 Å². The van der Waals surface area contributed by atoms with Crippen LogP contribution in [-0.2, 0) is 4.79 Å². The average molecular weight is 330 g/mol. The summed E-state index contributed by atoms with van der Waals surface area (Å²) in [7, 11) is 0. The number of carbonyl (C=O) groups excluding carboxylic acids is 1. The van der Waals surface area contributed by atoms with Crippen molar-refractivity contribution in [3.05, 3.63) is 71.8 Å². The summed E-state index contributed by atoms with van der Waals surface area (Å²) in [6.45, 7) is 3.53. The van der Waals surface area contributed by atoms with Gasteiger partial charge in [0.25, 0.3) is 0 Å². The number of benzene rings is 1. The molecular formula is C20H18N4O. The average Bonchev–Trinajstić information content (AvgIpc) is 2.76. The molecule has 124 valence electrons. The Bertz CT molecular complexity index is 1000. The van der Waals surface area contributed by atoms with Crippen LogP contribution in [0, 0.1) is 0 Å². The van der Waals surface area contributed by atoms with E-state index in [1.54, 1.807) is 19.3 Å². The molecule has 0 spiro atoms. The molecule has 0 saturated carbocycles. The molecule has 1 atom stereocenters. The van der Waals surface area contributed by atoms with Crippen LogP contribution in [0.4, 0.5) is 11.4 Å². The number of fused-ring (bicyclic) bond motifs is 2. The lowest BCUT2D eigenvalue weighted by Crippen LogP contribution is -2.19. The molecule has 0 aliphatic carbocycles. The quantitative estimate of drug-likeness (QED) is 0.741. The van der Waals surface area contributed by atoms with Crippen molar-refractivity contribution in [1.29, 1.82) is 0 Å². The number of hydrogen-bond acceptors (Lipinski definition) is 5. The minimum Gasteiger partial charge on any atom is -0.372 e.